The van der Waals surface area contributed by atoms with Crippen molar-refractivity contribution in [3.63, 3.8) is 0 Å². The first-order valence-electron chi connectivity index (χ1n) is 6.75. The van der Waals surface area contributed by atoms with Gasteiger partial charge in [-0.05, 0) is 37.3 Å². The Morgan fingerprint density at radius 3 is 2.63 bits per heavy atom. The molecule has 0 bridgehead atoms. The molecule has 1 atom stereocenters. The van der Waals surface area contributed by atoms with Crippen LogP contribution in [0.4, 0.5) is 5.69 Å². The highest BCUT2D eigenvalue weighted by molar-refractivity contribution is 7.99. The van der Waals surface area contributed by atoms with Gasteiger partial charge in [0.2, 0.25) is 0 Å². The molecule has 100 valence electrons. The van der Waals surface area contributed by atoms with Crippen molar-refractivity contribution in [3.8, 4) is 0 Å². The molecule has 0 aliphatic rings. The molecule has 1 N–H and O–H groups in total. The molecular formula is C17H21NS. The molecule has 0 aromatic heterocycles. The van der Waals surface area contributed by atoms with Crippen LogP contribution in [0.25, 0.3) is 0 Å². The first kappa shape index (κ1) is 14.0. The van der Waals surface area contributed by atoms with E-state index in [0.29, 0.717) is 6.04 Å². The van der Waals surface area contributed by atoms with Gasteiger partial charge in [-0.1, -0.05) is 48.9 Å². The van der Waals surface area contributed by atoms with Crippen LogP contribution < -0.4 is 5.32 Å². The zero-order valence-electron chi connectivity index (χ0n) is 11.8. The van der Waals surface area contributed by atoms with E-state index in [1.165, 1.54) is 21.7 Å². The summed E-state index contributed by atoms with van der Waals surface area (Å²) in [5.74, 6) is 1.09. The van der Waals surface area contributed by atoms with Crippen molar-refractivity contribution >= 4 is 17.4 Å². The van der Waals surface area contributed by atoms with Crippen LogP contribution in [0.2, 0.25) is 0 Å². The Morgan fingerprint density at radius 2 is 1.89 bits per heavy atom. The van der Waals surface area contributed by atoms with Crippen LogP contribution in [-0.2, 0) is 0 Å². The first-order chi connectivity index (χ1) is 9.20. The van der Waals surface area contributed by atoms with Gasteiger partial charge in [-0.3, -0.25) is 0 Å². The highest BCUT2D eigenvalue weighted by atomic mass is 32.2. The average molecular weight is 271 g/mol. The Hall–Kier alpha value is -1.41. The summed E-state index contributed by atoms with van der Waals surface area (Å²) in [6.45, 7) is 6.53. The molecule has 0 spiro atoms. The van der Waals surface area contributed by atoms with Gasteiger partial charge in [-0.15, -0.1) is 11.8 Å². The van der Waals surface area contributed by atoms with E-state index >= 15 is 0 Å². The zero-order valence-corrected chi connectivity index (χ0v) is 12.6. The van der Waals surface area contributed by atoms with E-state index in [2.05, 4.69) is 74.6 Å². The molecule has 0 saturated heterocycles. The summed E-state index contributed by atoms with van der Waals surface area (Å²) in [5.41, 5.74) is 3.86. The maximum atomic E-state index is 3.62. The minimum absolute atomic E-state index is 0.318. The fourth-order valence-corrected chi connectivity index (χ4v) is 2.89. The predicted molar refractivity (Wildman–Crippen MR) is 86.1 cm³/mol. The van der Waals surface area contributed by atoms with E-state index in [-0.39, 0.29) is 0 Å². The lowest BCUT2D eigenvalue weighted by Crippen LogP contribution is -2.07. The summed E-state index contributed by atoms with van der Waals surface area (Å²) in [7, 11) is 0. The standard InChI is InChI=1S/C17H21NS/c1-4-19-17-11-6-5-10-16(17)18-14(3)15-9-7-8-13(2)12-15/h5-12,14,18H,4H2,1-3H3. The van der Waals surface area contributed by atoms with Crippen molar-refractivity contribution in [2.75, 3.05) is 11.1 Å². The molecule has 1 nitrogen and oxygen atoms in total. The number of para-hydroxylation sites is 1. The van der Waals surface area contributed by atoms with Gasteiger partial charge in [0.1, 0.15) is 0 Å². The molecule has 2 rings (SSSR count). The number of hydrogen-bond donors (Lipinski definition) is 1. The summed E-state index contributed by atoms with van der Waals surface area (Å²) < 4.78 is 0. The lowest BCUT2D eigenvalue weighted by Gasteiger charge is -2.18. The Labute approximate surface area is 120 Å². The molecule has 1 unspecified atom stereocenters. The fraction of sp³-hybridized carbons (Fsp3) is 0.294. The third-order valence-corrected chi connectivity index (χ3v) is 4.06. The van der Waals surface area contributed by atoms with Crippen molar-refractivity contribution in [1.82, 2.24) is 0 Å². The lowest BCUT2D eigenvalue weighted by molar-refractivity contribution is 0.877. The molecule has 2 heteroatoms. The lowest BCUT2D eigenvalue weighted by atomic mass is 10.1. The molecule has 0 aliphatic heterocycles. The third-order valence-electron chi connectivity index (χ3n) is 3.10. The van der Waals surface area contributed by atoms with E-state index in [9.17, 15) is 0 Å². The minimum Gasteiger partial charge on any atom is -0.378 e. The first-order valence-corrected chi connectivity index (χ1v) is 7.74. The fourth-order valence-electron chi connectivity index (χ4n) is 2.12. The number of thioether (sulfide) groups is 1. The third kappa shape index (κ3) is 3.77. The molecule has 0 saturated carbocycles. The number of aryl methyl sites for hydroxylation is 1. The average Bonchev–Trinajstić information content (AvgIpc) is 2.41. The summed E-state index contributed by atoms with van der Waals surface area (Å²) in [5, 5.41) is 3.62. The maximum Gasteiger partial charge on any atom is 0.0486 e. The number of hydrogen-bond acceptors (Lipinski definition) is 2. The Balaban J connectivity index is 2.16. The number of nitrogens with one attached hydrogen (secondary N) is 1. The highest BCUT2D eigenvalue weighted by Gasteiger charge is 2.08. The number of anilines is 1. The van der Waals surface area contributed by atoms with Crippen LogP contribution in [0.1, 0.15) is 31.0 Å². The van der Waals surface area contributed by atoms with Crippen LogP contribution in [0.3, 0.4) is 0 Å². The zero-order chi connectivity index (χ0) is 13.7. The second-order valence-corrected chi connectivity index (χ2v) is 6.02. The normalized spacial score (nSPS) is 12.2. The number of rotatable bonds is 5. The van der Waals surface area contributed by atoms with Gasteiger partial charge in [0.25, 0.3) is 0 Å². The molecule has 2 aromatic rings. The summed E-state index contributed by atoms with van der Waals surface area (Å²) in [6, 6.07) is 17.5. The Bertz CT molecular complexity index is 536. The second kappa shape index (κ2) is 6.67. The molecule has 0 heterocycles. The van der Waals surface area contributed by atoms with Gasteiger partial charge in [0.05, 0.1) is 0 Å². The smallest absolute Gasteiger partial charge is 0.0486 e. The van der Waals surface area contributed by atoms with Crippen LogP contribution in [-0.4, -0.2) is 5.75 Å². The molecular weight excluding hydrogens is 250 g/mol. The van der Waals surface area contributed by atoms with Crippen molar-refractivity contribution in [2.24, 2.45) is 0 Å². The summed E-state index contributed by atoms with van der Waals surface area (Å²) in [6.07, 6.45) is 0. The van der Waals surface area contributed by atoms with Gasteiger partial charge >= 0.3 is 0 Å². The van der Waals surface area contributed by atoms with Crippen molar-refractivity contribution in [3.05, 3.63) is 59.7 Å². The van der Waals surface area contributed by atoms with Crippen LogP contribution in [0.15, 0.2) is 53.4 Å². The quantitative estimate of drug-likeness (QED) is 0.742. The maximum absolute atomic E-state index is 3.62. The topological polar surface area (TPSA) is 12.0 Å². The van der Waals surface area contributed by atoms with Gasteiger partial charge in [0, 0.05) is 16.6 Å². The van der Waals surface area contributed by atoms with Gasteiger partial charge in [-0.2, -0.15) is 0 Å². The van der Waals surface area contributed by atoms with E-state index in [0.717, 1.165) is 5.75 Å². The van der Waals surface area contributed by atoms with Gasteiger partial charge in [0.15, 0.2) is 0 Å². The summed E-state index contributed by atoms with van der Waals surface area (Å²) in [4.78, 5) is 1.32. The molecule has 0 fully saturated rings. The monoisotopic (exact) mass is 271 g/mol. The van der Waals surface area contributed by atoms with Crippen molar-refractivity contribution in [2.45, 2.75) is 31.7 Å². The van der Waals surface area contributed by atoms with Crippen LogP contribution in [0.5, 0.6) is 0 Å². The molecule has 19 heavy (non-hydrogen) atoms. The second-order valence-electron chi connectivity index (χ2n) is 4.71. The van der Waals surface area contributed by atoms with Gasteiger partial charge < -0.3 is 5.32 Å². The SMILES string of the molecule is CCSc1ccccc1NC(C)c1cccc(C)c1. The molecule has 0 radical (unpaired) electrons. The predicted octanol–water partition coefficient (Wildman–Crippen LogP) is 5.28. The Morgan fingerprint density at radius 1 is 1.11 bits per heavy atom. The largest absolute Gasteiger partial charge is 0.378 e. The number of benzene rings is 2. The Kier molecular flexibility index (Phi) is 4.92. The molecule has 2 aromatic carbocycles. The van der Waals surface area contributed by atoms with E-state index in [1.54, 1.807) is 0 Å². The van der Waals surface area contributed by atoms with Gasteiger partial charge in [-0.25, -0.2) is 0 Å². The minimum atomic E-state index is 0.318. The van der Waals surface area contributed by atoms with Crippen LogP contribution in [0, 0.1) is 6.92 Å². The van der Waals surface area contributed by atoms with Crippen LogP contribution >= 0.6 is 11.8 Å². The molecule has 0 aliphatic carbocycles. The van der Waals surface area contributed by atoms with E-state index < -0.39 is 0 Å². The highest BCUT2D eigenvalue weighted by Crippen LogP contribution is 2.29. The van der Waals surface area contributed by atoms with E-state index in [1.807, 2.05) is 11.8 Å². The van der Waals surface area contributed by atoms with Crippen molar-refractivity contribution < 1.29 is 0 Å². The summed E-state index contributed by atoms with van der Waals surface area (Å²) >= 11 is 1.88. The van der Waals surface area contributed by atoms with Crippen molar-refractivity contribution in [1.29, 1.82) is 0 Å². The van der Waals surface area contributed by atoms with E-state index in [4.69, 9.17) is 0 Å². The molecule has 0 amide bonds.